The maximum absolute atomic E-state index is 13.6. The summed E-state index contributed by atoms with van der Waals surface area (Å²) in [5.74, 6) is -0.475. The van der Waals surface area contributed by atoms with Gasteiger partial charge >= 0.3 is 0 Å². The number of hydrogen-bond acceptors (Lipinski definition) is 3. The molecule has 4 nitrogen and oxygen atoms in total. The second-order valence-corrected chi connectivity index (χ2v) is 7.06. The molecule has 0 aliphatic carbocycles. The Labute approximate surface area is 129 Å². The van der Waals surface area contributed by atoms with Crippen LogP contribution in [0.15, 0.2) is 47.4 Å². The van der Waals surface area contributed by atoms with Gasteiger partial charge in [-0.2, -0.15) is 0 Å². The third kappa shape index (κ3) is 2.23. The summed E-state index contributed by atoms with van der Waals surface area (Å²) in [4.78, 5) is -0.154. The van der Waals surface area contributed by atoms with E-state index in [0.717, 1.165) is 11.6 Å². The van der Waals surface area contributed by atoms with E-state index in [1.165, 1.54) is 23.5 Å². The highest BCUT2D eigenvalue weighted by atomic mass is 32.2. The Bertz CT molecular complexity index is 820. The molecule has 1 aliphatic heterocycles. The number of sulfonamides is 1. The molecule has 1 aliphatic rings. The lowest BCUT2D eigenvalue weighted by molar-refractivity contribution is 0.400. The number of benzene rings is 2. The summed E-state index contributed by atoms with van der Waals surface area (Å²) in [5.41, 5.74) is 1.61. The molecular weight excluding hydrogens is 305 g/mol. The zero-order valence-electron chi connectivity index (χ0n) is 12.3. The van der Waals surface area contributed by atoms with Crippen molar-refractivity contribution in [3.63, 3.8) is 0 Å². The first kappa shape index (κ1) is 14.8. The van der Waals surface area contributed by atoms with Crippen molar-refractivity contribution in [3.8, 4) is 5.75 Å². The largest absolute Gasteiger partial charge is 0.495 e. The molecule has 0 saturated carbocycles. The van der Waals surface area contributed by atoms with Crippen LogP contribution < -0.4 is 9.04 Å². The van der Waals surface area contributed by atoms with Gasteiger partial charge in [-0.05, 0) is 43.2 Å². The molecule has 1 atom stereocenters. The van der Waals surface area contributed by atoms with E-state index in [9.17, 15) is 12.8 Å². The van der Waals surface area contributed by atoms with Gasteiger partial charge in [0.05, 0.1) is 12.8 Å². The molecule has 22 heavy (non-hydrogen) atoms. The fraction of sp³-hybridized carbons (Fsp3) is 0.250. The molecule has 0 radical (unpaired) electrons. The molecule has 6 heteroatoms. The lowest BCUT2D eigenvalue weighted by atomic mass is 10.1. The van der Waals surface area contributed by atoms with Crippen LogP contribution in [-0.4, -0.2) is 21.6 Å². The molecule has 116 valence electrons. The molecule has 0 spiro atoms. The van der Waals surface area contributed by atoms with Gasteiger partial charge in [-0.3, -0.25) is 4.31 Å². The summed E-state index contributed by atoms with van der Waals surface area (Å²) in [7, 11) is -2.53. The lowest BCUT2D eigenvalue weighted by Gasteiger charge is -2.25. The Balaban J connectivity index is 2.17. The lowest BCUT2D eigenvalue weighted by Crippen LogP contribution is -2.36. The van der Waals surface area contributed by atoms with Gasteiger partial charge in [-0.1, -0.05) is 18.2 Å². The van der Waals surface area contributed by atoms with Gasteiger partial charge in [-0.15, -0.1) is 0 Å². The van der Waals surface area contributed by atoms with Crippen molar-refractivity contribution in [1.29, 1.82) is 0 Å². The Morgan fingerprint density at radius 1 is 1.23 bits per heavy atom. The van der Waals surface area contributed by atoms with E-state index in [1.54, 1.807) is 12.1 Å². The zero-order chi connectivity index (χ0) is 15.9. The van der Waals surface area contributed by atoms with Gasteiger partial charge in [0.1, 0.15) is 16.5 Å². The maximum Gasteiger partial charge on any atom is 0.268 e. The topological polar surface area (TPSA) is 46.6 Å². The maximum atomic E-state index is 13.6. The molecule has 1 heterocycles. The molecule has 3 rings (SSSR count). The minimum atomic E-state index is -3.90. The van der Waals surface area contributed by atoms with Crippen molar-refractivity contribution >= 4 is 15.7 Å². The van der Waals surface area contributed by atoms with E-state index in [1.807, 2.05) is 19.1 Å². The highest BCUT2D eigenvalue weighted by Crippen LogP contribution is 2.38. The molecule has 2 aromatic rings. The quantitative estimate of drug-likeness (QED) is 0.873. The second-order valence-electron chi connectivity index (χ2n) is 5.28. The fourth-order valence-electron chi connectivity index (χ4n) is 2.86. The van der Waals surface area contributed by atoms with Gasteiger partial charge in [0.25, 0.3) is 10.0 Å². The number of methoxy groups -OCH3 is 1. The average molecular weight is 321 g/mol. The standard InChI is InChI=1S/C16H16FNO3S/c1-11-9-12-5-3-4-6-14(12)18(11)22(19,20)16-10-13(17)7-8-15(16)21-2/h3-8,10-11H,9H2,1-2H3/t11-/m0/s1. The van der Waals surface area contributed by atoms with Crippen LogP contribution in [-0.2, 0) is 16.4 Å². The molecular formula is C16H16FNO3S. The number of anilines is 1. The number of para-hydroxylation sites is 1. The van der Waals surface area contributed by atoms with Crippen LogP contribution in [0.5, 0.6) is 5.75 Å². The van der Waals surface area contributed by atoms with Crippen LogP contribution in [0.25, 0.3) is 0 Å². The highest BCUT2D eigenvalue weighted by Gasteiger charge is 2.37. The summed E-state index contributed by atoms with van der Waals surface area (Å²) in [6, 6.07) is 10.6. The van der Waals surface area contributed by atoms with Gasteiger partial charge in [0.2, 0.25) is 0 Å². The summed E-state index contributed by atoms with van der Waals surface area (Å²) in [6.45, 7) is 1.84. The van der Waals surface area contributed by atoms with Crippen molar-refractivity contribution in [2.45, 2.75) is 24.3 Å². The van der Waals surface area contributed by atoms with E-state index in [-0.39, 0.29) is 16.7 Å². The summed E-state index contributed by atoms with van der Waals surface area (Å²) in [5, 5.41) is 0. The van der Waals surface area contributed by atoms with Crippen LogP contribution in [0.4, 0.5) is 10.1 Å². The third-order valence-corrected chi connectivity index (χ3v) is 5.76. The van der Waals surface area contributed by atoms with Crippen LogP contribution in [0.1, 0.15) is 12.5 Å². The van der Waals surface area contributed by atoms with Crippen LogP contribution in [0, 0.1) is 5.82 Å². The average Bonchev–Trinajstić information content (AvgIpc) is 2.83. The van der Waals surface area contributed by atoms with Gasteiger partial charge in [-0.25, -0.2) is 12.8 Å². The SMILES string of the molecule is COc1ccc(F)cc1S(=O)(=O)N1c2ccccc2C[C@@H]1C. The van der Waals surface area contributed by atoms with E-state index in [2.05, 4.69) is 0 Å². The van der Waals surface area contributed by atoms with E-state index in [4.69, 9.17) is 4.74 Å². The second kappa shape index (κ2) is 5.28. The molecule has 0 bridgehead atoms. The summed E-state index contributed by atoms with van der Waals surface area (Å²) < 4.78 is 46.0. The first-order chi connectivity index (χ1) is 10.4. The molecule has 2 aromatic carbocycles. The van der Waals surface area contributed by atoms with Gasteiger partial charge in [0.15, 0.2) is 0 Å². The third-order valence-electron chi connectivity index (χ3n) is 3.81. The Kier molecular flexibility index (Phi) is 3.56. The van der Waals surface area contributed by atoms with Crippen molar-refractivity contribution < 1.29 is 17.5 Å². The molecule has 0 amide bonds. The number of nitrogens with zero attached hydrogens (tertiary/aromatic N) is 1. The van der Waals surface area contributed by atoms with E-state index >= 15 is 0 Å². The van der Waals surface area contributed by atoms with Crippen molar-refractivity contribution in [2.24, 2.45) is 0 Å². The zero-order valence-corrected chi connectivity index (χ0v) is 13.1. The summed E-state index contributed by atoms with van der Waals surface area (Å²) >= 11 is 0. The molecule has 0 saturated heterocycles. The predicted octanol–water partition coefficient (Wildman–Crippen LogP) is 2.97. The molecule has 0 aromatic heterocycles. The Hall–Kier alpha value is -2.08. The number of halogens is 1. The highest BCUT2D eigenvalue weighted by molar-refractivity contribution is 7.93. The molecule has 0 unspecified atom stereocenters. The van der Waals surface area contributed by atoms with Crippen molar-refractivity contribution in [1.82, 2.24) is 0 Å². The predicted molar refractivity (Wildman–Crippen MR) is 82.2 cm³/mol. The van der Waals surface area contributed by atoms with Gasteiger partial charge < -0.3 is 4.74 Å². The minimum absolute atomic E-state index is 0.137. The Morgan fingerprint density at radius 3 is 2.68 bits per heavy atom. The number of hydrogen-bond donors (Lipinski definition) is 0. The number of fused-ring (bicyclic) bond motifs is 1. The van der Waals surface area contributed by atoms with Crippen molar-refractivity contribution in [3.05, 3.63) is 53.8 Å². The van der Waals surface area contributed by atoms with Gasteiger partial charge in [0, 0.05) is 6.04 Å². The molecule has 0 N–H and O–H groups in total. The van der Waals surface area contributed by atoms with E-state index in [0.29, 0.717) is 12.1 Å². The van der Waals surface area contributed by atoms with Crippen LogP contribution >= 0.6 is 0 Å². The van der Waals surface area contributed by atoms with Crippen LogP contribution in [0.2, 0.25) is 0 Å². The fourth-order valence-corrected chi connectivity index (χ4v) is 4.73. The summed E-state index contributed by atoms with van der Waals surface area (Å²) in [6.07, 6.45) is 0.632. The molecule has 0 fully saturated rings. The monoisotopic (exact) mass is 321 g/mol. The first-order valence-electron chi connectivity index (χ1n) is 6.91. The minimum Gasteiger partial charge on any atom is -0.495 e. The van der Waals surface area contributed by atoms with E-state index < -0.39 is 15.8 Å². The van der Waals surface area contributed by atoms with Crippen molar-refractivity contribution in [2.75, 3.05) is 11.4 Å². The first-order valence-corrected chi connectivity index (χ1v) is 8.35. The van der Waals surface area contributed by atoms with Crippen LogP contribution in [0.3, 0.4) is 0 Å². The Morgan fingerprint density at radius 2 is 1.95 bits per heavy atom. The smallest absolute Gasteiger partial charge is 0.268 e. The normalized spacial score (nSPS) is 17.4. The number of rotatable bonds is 3. The number of ether oxygens (including phenoxy) is 1.